The number of halogens is 2. The highest BCUT2D eigenvalue weighted by atomic mass is 35.5. The second-order valence-electron chi connectivity index (χ2n) is 4.48. The Kier molecular flexibility index (Phi) is 6.23. The van der Waals surface area contributed by atoms with Gasteiger partial charge >= 0.3 is 0 Å². The number of hydrogen-bond acceptors (Lipinski definition) is 7. The lowest BCUT2D eigenvalue weighted by Crippen LogP contribution is -1.89. The van der Waals surface area contributed by atoms with Crippen molar-refractivity contribution in [2.45, 2.75) is 20.9 Å². The summed E-state index contributed by atoms with van der Waals surface area (Å²) in [6, 6.07) is 5.70. The summed E-state index contributed by atoms with van der Waals surface area (Å²) in [7, 11) is 0. The molecule has 0 N–H and O–H groups in total. The zero-order valence-corrected chi connectivity index (χ0v) is 16.7. The first-order chi connectivity index (χ1) is 11.1. The first-order valence-corrected chi connectivity index (χ1v) is 11.2. The van der Waals surface area contributed by atoms with E-state index in [9.17, 15) is 0 Å². The fraction of sp³-hybridized carbons (Fsp3) is 0.214. The van der Waals surface area contributed by atoms with E-state index in [1.807, 2.05) is 24.5 Å². The molecule has 3 rings (SSSR count). The Morgan fingerprint density at radius 1 is 1.13 bits per heavy atom. The van der Waals surface area contributed by atoms with Gasteiger partial charge in [0.05, 0.1) is 20.7 Å². The minimum atomic E-state index is 0.577. The summed E-state index contributed by atoms with van der Waals surface area (Å²) < 4.78 is 1.97. The predicted molar refractivity (Wildman–Crippen MR) is 103 cm³/mol. The second-order valence-corrected chi connectivity index (χ2v) is 9.49. The smallest absolute Gasteiger partial charge is 0.175 e. The van der Waals surface area contributed by atoms with Crippen LogP contribution >= 0.6 is 69.4 Å². The zero-order valence-electron chi connectivity index (χ0n) is 12.0. The molecular formula is C14H11Cl2N3S4. The third-order valence-electron chi connectivity index (χ3n) is 2.84. The number of rotatable bonds is 6. The summed E-state index contributed by atoms with van der Waals surface area (Å²) in [6.07, 6.45) is 2.77. The van der Waals surface area contributed by atoms with E-state index in [1.54, 1.807) is 46.2 Å². The van der Waals surface area contributed by atoms with E-state index in [4.69, 9.17) is 23.2 Å². The zero-order chi connectivity index (χ0) is 16.2. The van der Waals surface area contributed by atoms with Crippen LogP contribution in [0.3, 0.4) is 0 Å². The second kappa shape index (κ2) is 8.18. The first kappa shape index (κ1) is 17.5. The number of thioether (sulfide) groups is 2. The van der Waals surface area contributed by atoms with Crippen LogP contribution in [0.1, 0.15) is 16.3 Å². The number of aromatic nitrogens is 3. The van der Waals surface area contributed by atoms with Crippen LogP contribution in [0.2, 0.25) is 10.0 Å². The summed E-state index contributed by atoms with van der Waals surface area (Å²) in [5.74, 6) is 0.806. The summed E-state index contributed by atoms with van der Waals surface area (Å²) >= 11 is 18.6. The fourth-order valence-electron chi connectivity index (χ4n) is 1.79. The molecule has 1 aromatic carbocycles. The molecule has 0 aliphatic heterocycles. The van der Waals surface area contributed by atoms with Crippen LogP contribution in [0.5, 0.6) is 0 Å². The highest BCUT2D eigenvalue weighted by Crippen LogP contribution is 2.30. The average molecular weight is 420 g/mol. The lowest BCUT2D eigenvalue weighted by atomic mass is 10.2. The summed E-state index contributed by atoms with van der Waals surface area (Å²) in [4.78, 5) is 4.67. The van der Waals surface area contributed by atoms with Crippen LogP contribution in [0, 0.1) is 0 Å². The normalized spacial score (nSPS) is 11.1. The third kappa shape index (κ3) is 4.84. The molecule has 0 spiro atoms. The molecule has 0 saturated carbocycles. The molecule has 3 nitrogen and oxygen atoms in total. The molecule has 0 saturated heterocycles. The minimum absolute atomic E-state index is 0.577. The molecule has 9 heteroatoms. The highest BCUT2D eigenvalue weighted by molar-refractivity contribution is 8.02. The lowest BCUT2D eigenvalue weighted by Gasteiger charge is -2.00. The van der Waals surface area contributed by atoms with Gasteiger partial charge in [-0.1, -0.05) is 64.1 Å². The Morgan fingerprint density at radius 3 is 2.70 bits per heavy atom. The van der Waals surface area contributed by atoms with Crippen LogP contribution in [-0.2, 0) is 12.2 Å². The van der Waals surface area contributed by atoms with Gasteiger partial charge in [-0.2, -0.15) is 0 Å². The monoisotopic (exact) mass is 419 g/mol. The van der Waals surface area contributed by atoms with E-state index in [1.165, 1.54) is 0 Å². The Balaban J connectivity index is 1.60. The largest absolute Gasteiger partial charge is 0.245 e. The topological polar surface area (TPSA) is 38.7 Å². The first-order valence-electron chi connectivity index (χ1n) is 6.51. The molecule has 0 bridgehead atoms. The quantitative estimate of drug-likeness (QED) is 0.464. The van der Waals surface area contributed by atoms with Gasteiger partial charge in [0, 0.05) is 17.6 Å². The van der Waals surface area contributed by atoms with Gasteiger partial charge in [0.1, 0.15) is 0 Å². The maximum Gasteiger partial charge on any atom is 0.175 e. The number of nitrogens with zero attached hydrogens (tertiary/aromatic N) is 3. The Hall–Kier alpha value is -0.310. The summed E-state index contributed by atoms with van der Waals surface area (Å²) in [5.41, 5.74) is 2.18. The van der Waals surface area contributed by atoms with Crippen molar-refractivity contribution < 1.29 is 0 Å². The van der Waals surface area contributed by atoms with Gasteiger partial charge < -0.3 is 0 Å². The van der Waals surface area contributed by atoms with Crippen molar-refractivity contribution in [2.24, 2.45) is 0 Å². The SMILES string of the molecule is CSc1nnc(SCc2csc(Cc3ccc(Cl)c(Cl)c3)n2)s1. The molecule has 0 amide bonds. The van der Waals surface area contributed by atoms with Gasteiger partial charge in [-0.3, -0.25) is 0 Å². The van der Waals surface area contributed by atoms with E-state index in [0.717, 1.165) is 37.1 Å². The van der Waals surface area contributed by atoms with Gasteiger partial charge in [-0.25, -0.2) is 4.98 Å². The van der Waals surface area contributed by atoms with Gasteiger partial charge in [0.25, 0.3) is 0 Å². The van der Waals surface area contributed by atoms with Crippen molar-refractivity contribution in [1.29, 1.82) is 0 Å². The molecule has 0 aliphatic rings. The summed E-state index contributed by atoms with van der Waals surface area (Å²) in [6.45, 7) is 0. The van der Waals surface area contributed by atoms with Crippen molar-refractivity contribution in [3.05, 3.63) is 49.9 Å². The molecule has 0 aliphatic carbocycles. The van der Waals surface area contributed by atoms with Crippen LogP contribution in [0.25, 0.3) is 0 Å². The standard InChI is InChI=1S/C14H11Cl2N3S4/c1-20-13-18-19-14(23-13)22-7-9-6-21-12(17-9)5-8-2-3-10(15)11(16)4-8/h2-4,6H,5,7H2,1H3. The van der Waals surface area contributed by atoms with Crippen LogP contribution in [0.15, 0.2) is 32.3 Å². The number of benzene rings is 1. The molecule has 0 atom stereocenters. The Labute approximate surface area is 160 Å². The molecule has 2 aromatic heterocycles. The molecule has 0 fully saturated rings. The van der Waals surface area contributed by atoms with E-state index in [0.29, 0.717) is 10.0 Å². The van der Waals surface area contributed by atoms with Crippen LogP contribution < -0.4 is 0 Å². The molecule has 0 radical (unpaired) electrons. The van der Waals surface area contributed by atoms with Crippen LogP contribution in [0.4, 0.5) is 0 Å². The van der Waals surface area contributed by atoms with E-state index in [-0.39, 0.29) is 0 Å². The van der Waals surface area contributed by atoms with Gasteiger partial charge in [-0.15, -0.1) is 21.5 Å². The molecular weight excluding hydrogens is 409 g/mol. The molecule has 120 valence electrons. The number of hydrogen-bond donors (Lipinski definition) is 0. The molecule has 0 unspecified atom stereocenters. The Morgan fingerprint density at radius 2 is 1.96 bits per heavy atom. The minimum Gasteiger partial charge on any atom is -0.245 e. The number of thiazole rings is 1. The maximum absolute atomic E-state index is 6.05. The maximum atomic E-state index is 6.05. The lowest BCUT2D eigenvalue weighted by molar-refractivity contribution is 0.955. The van der Waals surface area contributed by atoms with Crippen molar-refractivity contribution in [2.75, 3.05) is 6.26 Å². The molecule has 23 heavy (non-hydrogen) atoms. The molecule has 2 heterocycles. The third-order valence-corrected chi connectivity index (χ3v) is 7.55. The van der Waals surface area contributed by atoms with Crippen molar-refractivity contribution in [3.63, 3.8) is 0 Å². The molecule has 3 aromatic rings. The van der Waals surface area contributed by atoms with Gasteiger partial charge in [0.2, 0.25) is 0 Å². The Bertz CT molecular complexity index is 803. The average Bonchev–Trinajstić information content (AvgIpc) is 3.18. The van der Waals surface area contributed by atoms with E-state index < -0.39 is 0 Å². The van der Waals surface area contributed by atoms with Crippen molar-refractivity contribution in [1.82, 2.24) is 15.2 Å². The summed E-state index contributed by atoms with van der Waals surface area (Å²) in [5, 5.41) is 12.6. The fourth-order valence-corrected chi connectivity index (χ4v) is 5.38. The van der Waals surface area contributed by atoms with Crippen molar-refractivity contribution in [3.8, 4) is 0 Å². The van der Waals surface area contributed by atoms with Crippen LogP contribution in [-0.4, -0.2) is 21.4 Å². The predicted octanol–water partition coefficient (Wildman–Crippen LogP) is 5.91. The van der Waals surface area contributed by atoms with Gasteiger partial charge in [0.15, 0.2) is 8.68 Å². The van der Waals surface area contributed by atoms with E-state index in [2.05, 4.69) is 20.6 Å². The highest BCUT2D eigenvalue weighted by Gasteiger charge is 2.08. The van der Waals surface area contributed by atoms with E-state index >= 15 is 0 Å². The van der Waals surface area contributed by atoms with Gasteiger partial charge in [-0.05, 0) is 24.0 Å². The van der Waals surface area contributed by atoms with Crippen molar-refractivity contribution >= 4 is 69.4 Å².